The highest BCUT2D eigenvalue weighted by Crippen LogP contribution is 2.26. The first-order chi connectivity index (χ1) is 9.96. The molecular weight excluding hydrogens is 407 g/mol. The number of halogens is 3. The van der Waals surface area contributed by atoms with E-state index in [1.807, 2.05) is 13.8 Å². The van der Waals surface area contributed by atoms with Gasteiger partial charge in [0.15, 0.2) is 5.96 Å². The van der Waals surface area contributed by atoms with Crippen molar-refractivity contribution >= 4 is 29.9 Å². The summed E-state index contributed by atoms with van der Waals surface area (Å²) in [7, 11) is 1.49. The molecule has 0 spiro atoms. The molecule has 22 heavy (non-hydrogen) atoms. The van der Waals surface area contributed by atoms with Gasteiger partial charge in [0.2, 0.25) is 0 Å². The fraction of sp³-hybridized carbons (Fsp3) is 0.500. The lowest BCUT2D eigenvalue weighted by molar-refractivity contribution is -0.0504. The van der Waals surface area contributed by atoms with E-state index in [4.69, 9.17) is 10.5 Å². The van der Waals surface area contributed by atoms with Crippen molar-refractivity contribution in [2.45, 2.75) is 39.5 Å². The summed E-state index contributed by atoms with van der Waals surface area (Å²) in [4.78, 5) is 4.13. The van der Waals surface area contributed by atoms with Crippen LogP contribution in [0, 0.1) is 0 Å². The van der Waals surface area contributed by atoms with Crippen LogP contribution in [0.25, 0.3) is 0 Å². The molecule has 1 unspecified atom stereocenters. The summed E-state index contributed by atoms with van der Waals surface area (Å²) in [5, 5.41) is 3.00. The van der Waals surface area contributed by atoms with Crippen molar-refractivity contribution in [3.63, 3.8) is 0 Å². The maximum atomic E-state index is 12.4. The normalized spacial score (nSPS) is 12.5. The average Bonchev–Trinajstić information content (AvgIpc) is 2.45. The van der Waals surface area contributed by atoms with Gasteiger partial charge >= 0.3 is 6.61 Å². The molecule has 0 fully saturated rings. The zero-order valence-corrected chi connectivity index (χ0v) is 15.1. The Kier molecular flexibility index (Phi) is 9.79. The summed E-state index contributed by atoms with van der Waals surface area (Å²) in [5.41, 5.74) is 6.21. The van der Waals surface area contributed by atoms with Crippen molar-refractivity contribution < 1.29 is 18.3 Å². The van der Waals surface area contributed by atoms with Crippen molar-refractivity contribution in [3.05, 3.63) is 23.8 Å². The summed E-state index contributed by atoms with van der Waals surface area (Å²) in [6.07, 6.45) is 0.898. The van der Waals surface area contributed by atoms with Crippen LogP contribution in [0.15, 0.2) is 23.2 Å². The van der Waals surface area contributed by atoms with E-state index in [9.17, 15) is 8.78 Å². The van der Waals surface area contributed by atoms with Gasteiger partial charge in [-0.2, -0.15) is 8.78 Å². The number of hydrogen-bond acceptors (Lipinski definition) is 3. The minimum Gasteiger partial charge on any atom is -0.497 e. The van der Waals surface area contributed by atoms with E-state index in [1.165, 1.54) is 13.2 Å². The highest BCUT2D eigenvalue weighted by Gasteiger charge is 2.11. The molecule has 1 aromatic rings. The molecule has 0 saturated heterocycles. The molecular formula is C14H22F2IN3O2. The molecule has 0 heterocycles. The molecule has 1 aromatic carbocycles. The topological polar surface area (TPSA) is 68.9 Å². The van der Waals surface area contributed by atoms with E-state index < -0.39 is 6.61 Å². The summed E-state index contributed by atoms with van der Waals surface area (Å²) in [6.45, 7) is 1.21. The van der Waals surface area contributed by atoms with Crippen molar-refractivity contribution in [2.75, 3.05) is 7.11 Å². The number of alkyl halides is 2. The van der Waals surface area contributed by atoms with Crippen LogP contribution in [-0.2, 0) is 6.54 Å². The molecule has 8 heteroatoms. The Morgan fingerprint density at radius 3 is 2.64 bits per heavy atom. The molecule has 126 valence electrons. The van der Waals surface area contributed by atoms with Gasteiger partial charge in [0, 0.05) is 11.6 Å². The van der Waals surface area contributed by atoms with Gasteiger partial charge < -0.3 is 20.5 Å². The number of rotatable bonds is 7. The Bertz CT molecular complexity index is 487. The van der Waals surface area contributed by atoms with Crippen molar-refractivity contribution in [1.82, 2.24) is 5.32 Å². The number of aliphatic imine (C=N–C) groups is 1. The highest BCUT2D eigenvalue weighted by molar-refractivity contribution is 14.0. The first-order valence-corrected chi connectivity index (χ1v) is 6.64. The standard InChI is InChI=1S/C14H21F2N3O2.HI/c1-4-9(2)19-14(17)18-8-10-7-11(20-3)5-6-12(10)21-13(15)16;/h5-7,9,13H,4,8H2,1-3H3,(H3,17,18,19);1H. The van der Waals surface area contributed by atoms with Crippen LogP contribution in [-0.4, -0.2) is 25.7 Å². The van der Waals surface area contributed by atoms with Gasteiger partial charge in [0.1, 0.15) is 11.5 Å². The van der Waals surface area contributed by atoms with Gasteiger partial charge in [-0.25, -0.2) is 4.99 Å². The predicted molar refractivity (Wildman–Crippen MR) is 93.3 cm³/mol. The average molecular weight is 429 g/mol. The summed E-state index contributed by atoms with van der Waals surface area (Å²) < 4.78 is 34.3. The minimum atomic E-state index is -2.89. The molecule has 3 N–H and O–H groups in total. The van der Waals surface area contributed by atoms with E-state index >= 15 is 0 Å². The van der Waals surface area contributed by atoms with Crippen molar-refractivity contribution in [2.24, 2.45) is 10.7 Å². The second-order valence-electron chi connectivity index (χ2n) is 4.51. The van der Waals surface area contributed by atoms with Gasteiger partial charge in [-0.1, -0.05) is 6.92 Å². The third-order valence-corrected chi connectivity index (χ3v) is 2.91. The van der Waals surface area contributed by atoms with E-state index in [0.29, 0.717) is 11.3 Å². The van der Waals surface area contributed by atoms with Gasteiger partial charge in [0.25, 0.3) is 0 Å². The Labute approximate surface area is 146 Å². The lowest BCUT2D eigenvalue weighted by Gasteiger charge is -2.13. The van der Waals surface area contributed by atoms with Gasteiger partial charge in [-0.3, -0.25) is 0 Å². The zero-order chi connectivity index (χ0) is 15.8. The quantitative estimate of drug-likeness (QED) is 0.397. The Morgan fingerprint density at radius 1 is 1.41 bits per heavy atom. The van der Waals surface area contributed by atoms with E-state index in [-0.39, 0.29) is 48.3 Å². The highest BCUT2D eigenvalue weighted by atomic mass is 127. The van der Waals surface area contributed by atoms with Crippen LogP contribution >= 0.6 is 24.0 Å². The number of nitrogens with zero attached hydrogens (tertiary/aromatic N) is 1. The number of guanidine groups is 1. The monoisotopic (exact) mass is 429 g/mol. The molecule has 1 atom stereocenters. The molecule has 0 saturated carbocycles. The van der Waals surface area contributed by atoms with Crippen LogP contribution in [0.3, 0.4) is 0 Å². The molecule has 0 aliphatic carbocycles. The summed E-state index contributed by atoms with van der Waals surface area (Å²) in [5.74, 6) is 0.858. The number of hydrogen-bond donors (Lipinski definition) is 2. The molecule has 0 aliphatic rings. The van der Waals surface area contributed by atoms with Crippen LogP contribution in [0.2, 0.25) is 0 Å². The van der Waals surface area contributed by atoms with Crippen LogP contribution < -0.4 is 20.5 Å². The maximum Gasteiger partial charge on any atom is 0.387 e. The molecule has 0 radical (unpaired) electrons. The van der Waals surface area contributed by atoms with Crippen LogP contribution in [0.5, 0.6) is 11.5 Å². The molecule has 0 amide bonds. The number of benzene rings is 1. The third kappa shape index (κ3) is 7.10. The maximum absolute atomic E-state index is 12.4. The van der Waals surface area contributed by atoms with Crippen LogP contribution in [0.1, 0.15) is 25.8 Å². The lowest BCUT2D eigenvalue weighted by atomic mass is 10.2. The molecule has 0 bridgehead atoms. The summed E-state index contributed by atoms with van der Waals surface area (Å²) in [6, 6.07) is 4.76. The van der Waals surface area contributed by atoms with Crippen molar-refractivity contribution in [1.29, 1.82) is 0 Å². The molecule has 0 aromatic heterocycles. The Balaban J connectivity index is 0.00000441. The Morgan fingerprint density at radius 2 is 2.09 bits per heavy atom. The number of nitrogens with two attached hydrogens (primary N) is 1. The molecule has 5 nitrogen and oxygen atoms in total. The fourth-order valence-corrected chi connectivity index (χ4v) is 1.59. The van der Waals surface area contributed by atoms with Gasteiger partial charge in [-0.15, -0.1) is 24.0 Å². The zero-order valence-electron chi connectivity index (χ0n) is 12.8. The lowest BCUT2D eigenvalue weighted by Crippen LogP contribution is -2.38. The fourth-order valence-electron chi connectivity index (χ4n) is 1.59. The second kappa shape index (κ2) is 10.4. The number of ether oxygens (including phenoxy) is 2. The van der Waals surface area contributed by atoms with Crippen LogP contribution in [0.4, 0.5) is 8.78 Å². The first-order valence-electron chi connectivity index (χ1n) is 6.64. The third-order valence-electron chi connectivity index (χ3n) is 2.91. The molecule has 0 aliphatic heterocycles. The summed E-state index contributed by atoms with van der Waals surface area (Å²) >= 11 is 0. The molecule has 1 rings (SSSR count). The van der Waals surface area contributed by atoms with E-state index in [0.717, 1.165) is 6.42 Å². The van der Waals surface area contributed by atoms with E-state index in [2.05, 4.69) is 15.0 Å². The van der Waals surface area contributed by atoms with Crippen molar-refractivity contribution in [3.8, 4) is 11.5 Å². The minimum absolute atomic E-state index is 0. The SMILES string of the molecule is CCC(C)NC(N)=NCc1cc(OC)ccc1OC(F)F.I. The van der Waals surface area contributed by atoms with Gasteiger partial charge in [-0.05, 0) is 31.5 Å². The predicted octanol–water partition coefficient (Wildman–Crippen LogP) is 3.12. The number of methoxy groups -OCH3 is 1. The van der Waals surface area contributed by atoms with Gasteiger partial charge in [0.05, 0.1) is 13.7 Å². The smallest absolute Gasteiger partial charge is 0.387 e. The first kappa shape index (κ1) is 20.7. The second-order valence-corrected chi connectivity index (χ2v) is 4.51. The largest absolute Gasteiger partial charge is 0.497 e. The Hall–Kier alpha value is -1.32. The number of nitrogens with one attached hydrogen (secondary N) is 1. The van der Waals surface area contributed by atoms with E-state index in [1.54, 1.807) is 12.1 Å².